The van der Waals surface area contributed by atoms with Crippen molar-refractivity contribution < 1.29 is 0 Å². The van der Waals surface area contributed by atoms with Crippen LogP contribution in [-0.4, -0.2) is 38.1 Å². The van der Waals surface area contributed by atoms with Gasteiger partial charge < -0.3 is 10.2 Å². The van der Waals surface area contributed by atoms with Crippen LogP contribution in [-0.2, 0) is 6.42 Å². The second-order valence-corrected chi connectivity index (χ2v) is 6.06. The van der Waals surface area contributed by atoms with E-state index < -0.39 is 0 Å². The third kappa shape index (κ3) is 2.76. The van der Waals surface area contributed by atoms with E-state index in [1.807, 2.05) is 0 Å². The zero-order valence-corrected chi connectivity index (χ0v) is 11.4. The predicted octanol–water partition coefficient (Wildman–Crippen LogP) is 2.26. The Hall–Kier alpha value is -0.860. The molecule has 0 spiro atoms. The van der Waals surface area contributed by atoms with Gasteiger partial charge in [-0.25, -0.2) is 0 Å². The summed E-state index contributed by atoms with van der Waals surface area (Å²) in [6.45, 7) is 4.89. The lowest BCUT2D eigenvalue weighted by Crippen LogP contribution is -2.13. The number of likely N-dealkylation sites (tertiary alicyclic amines) is 1. The molecule has 0 radical (unpaired) electrons. The molecule has 18 heavy (non-hydrogen) atoms. The molecule has 0 bridgehead atoms. The van der Waals surface area contributed by atoms with Crippen LogP contribution in [0.3, 0.4) is 0 Å². The lowest BCUT2D eigenvalue weighted by molar-refractivity contribution is 0.411. The summed E-state index contributed by atoms with van der Waals surface area (Å²) in [7, 11) is 2.23. The summed E-state index contributed by atoms with van der Waals surface area (Å²) in [5.41, 5.74) is 3.10. The highest BCUT2D eigenvalue weighted by molar-refractivity contribution is 5.28. The predicted molar refractivity (Wildman–Crippen MR) is 76.0 cm³/mol. The van der Waals surface area contributed by atoms with Crippen molar-refractivity contribution in [3.05, 3.63) is 35.4 Å². The standard InChI is InChI=1S/C16H24N2/c1-18-8-6-16(12-18)15-4-2-3-13(10-15)9-14-5-7-17-11-14/h2-4,10,14,16-17H,5-9,11-12H2,1H3. The second-order valence-electron chi connectivity index (χ2n) is 6.06. The largest absolute Gasteiger partial charge is 0.316 e. The van der Waals surface area contributed by atoms with E-state index in [0.717, 1.165) is 11.8 Å². The third-order valence-corrected chi connectivity index (χ3v) is 4.50. The molecule has 2 aliphatic rings. The first-order chi connectivity index (χ1) is 8.81. The van der Waals surface area contributed by atoms with E-state index in [4.69, 9.17) is 0 Å². The van der Waals surface area contributed by atoms with E-state index in [9.17, 15) is 0 Å². The molecule has 1 N–H and O–H groups in total. The van der Waals surface area contributed by atoms with E-state index in [1.165, 1.54) is 51.0 Å². The maximum atomic E-state index is 3.46. The molecule has 2 aliphatic heterocycles. The lowest BCUT2D eigenvalue weighted by atomic mass is 9.93. The fourth-order valence-corrected chi connectivity index (χ4v) is 3.40. The number of rotatable bonds is 3. The molecule has 0 aromatic heterocycles. The average Bonchev–Trinajstić information content (AvgIpc) is 3.01. The van der Waals surface area contributed by atoms with Gasteiger partial charge in [0.1, 0.15) is 0 Å². The minimum Gasteiger partial charge on any atom is -0.316 e. The normalized spacial score (nSPS) is 28.9. The van der Waals surface area contributed by atoms with Crippen LogP contribution in [0.25, 0.3) is 0 Å². The van der Waals surface area contributed by atoms with Gasteiger partial charge in [0.15, 0.2) is 0 Å². The number of likely N-dealkylation sites (N-methyl/N-ethyl adjacent to an activating group) is 1. The van der Waals surface area contributed by atoms with Crippen molar-refractivity contribution in [2.45, 2.75) is 25.2 Å². The molecule has 3 rings (SSSR count). The van der Waals surface area contributed by atoms with Gasteiger partial charge in [-0.1, -0.05) is 24.3 Å². The van der Waals surface area contributed by atoms with E-state index in [1.54, 1.807) is 5.56 Å². The van der Waals surface area contributed by atoms with Crippen LogP contribution in [0, 0.1) is 5.92 Å². The molecule has 2 heterocycles. The zero-order chi connectivity index (χ0) is 12.4. The zero-order valence-electron chi connectivity index (χ0n) is 11.4. The van der Waals surface area contributed by atoms with Crippen molar-refractivity contribution in [3.8, 4) is 0 Å². The molecule has 2 saturated heterocycles. The van der Waals surface area contributed by atoms with E-state index in [0.29, 0.717) is 0 Å². The van der Waals surface area contributed by atoms with E-state index in [2.05, 4.69) is 41.5 Å². The summed E-state index contributed by atoms with van der Waals surface area (Å²) in [6.07, 6.45) is 3.92. The van der Waals surface area contributed by atoms with Gasteiger partial charge in [-0.2, -0.15) is 0 Å². The van der Waals surface area contributed by atoms with Crippen LogP contribution in [0.15, 0.2) is 24.3 Å². The molecule has 1 aromatic rings. The highest BCUT2D eigenvalue weighted by atomic mass is 15.1. The average molecular weight is 244 g/mol. The summed E-state index contributed by atoms with van der Waals surface area (Å²) in [4.78, 5) is 2.44. The first-order valence-electron chi connectivity index (χ1n) is 7.29. The van der Waals surface area contributed by atoms with Gasteiger partial charge in [-0.05, 0) is 68.9 Å². The quantitative estimate of drug-likeness (QED) is 0.877. The molecule has 0 aliphatic carbocycles. The minimum atomic E-state index is 0.761. The molecule has 98 valence electrons. The molecule has 0 saturated carbocycles. The van der Waals surface area contributed by atoms with Gasteiger partial charge in [0.05, 0.1) is 0 Å². The Morgan fingerprint density at radius 2 is 2.28 bits per heavy atom. The molecule has 1 aromatic carbocycles. The second kappa shape index (κ2) is 5.41. The summed E-state index contributed by atoms with van der Waals surface area (Å²) < 4.78 is 0. The monoisotopic (exact) mass is 244 g/mol. The van der Waals surface area contributed by atoms with Gasteiger partial charge in [-0.3, -0.25) is 0 Å². The Balaban J connectivity index is 1.68. The Morgan fingerprint density at radius 3 is 3.00 bits per heavy atom. The highest BCUT2D eigenvalue weighted by Gasteiger charge is 2.21. The van der Waals surface area contributed by atoms with Crippen LogP contribution in [0.1, 0.15) is 29.9 Å². The van der Waals surface area contributed by atoms with Gasteiger partial charge in [0.25, 0.3) is 0 Å². The van der Waals surface area contributed by atoms with E-state index in [-0.39, 0.29) is 0 Å². The van der Waals surface area contributed by atoms with Gasteiger partial charge in [-0.15, -0.1) is 0 Å². The molecule has 0 amide bonds. The maximum absolute atomic E-state index is 3.46. The summed E-state index contributed by atoms with van der Waals surface area (Å²) in [5, 5.41) is 3.46. The van der Waals surface area contributed by atoms with Gasteiger partial charge in [0, 0.05) is 6.54 Å². The van der Waals surface area contributed by atoms with E-state index >= 15 is 0 Å². The topological polar surface area (TPSA) is 15.3 Å². The highest BCUT2D eigenvalue weighted by Crippen LogP contribution is 2.27. The van der Waals surface area contributed by atoms with Crippen molar-refractivity contribution in [2.24, 2.45) is 5.92 Å². The number of nitrogens with zero attached hydrogens (tertiary/aromatic N) is 1. The first kappa shape index (κ1) is 12.2. The van der Waals surface area contributed by atoms with Crippen LogP contribution >= 0.6 is 0 Å². The summed E-state index contributed by atoms with van der Waals surface area (Å²) in [6, 6.07) is 9.34. The fourth-order valence-electron chi connectivity index (χ4n) is 3.40. The SMILES string of the molecule is CN1CCC(c2cccc(CC3CCNC3)c2)C1. The van der Waals surface area contributed by atoms with Crippen molar-refractivity contribution in [1.82, 2.24) is 10.2 Å². The fraction of sp³-hybridized carbons (Fsp3) is 0.625. The Morgan fingerprint density at radius 1 is 1.33 bits per heavy atom. The minimum absolute atomic E-state index is 0.761. The van der Waals surface area contributed by atoms with Crippen molar-refractivity contribution in [2.75, 3.05) is 33.2 Å². The third-order valence-electron chi connectivity index (χ3n) is 4.50. The number of hydrogen-bond donors (Lipinski definition) is 1. The maximum Gasteiger partial charge on any atom is 0.00477 e. The molecule has 2 nitrogen and oxygen atoms in total. The van der Waals surface area contributed by atoms with Crippen LogP contribution in [0.2, 0.25) is 0 Å². The summed E-state index contributed by atoms with van der Waals surface area (Å²) >= 11 is 0. The smallest absolute Gasteiger partial charge is 0.00477 e. The Kier molecular flexibility index (Phi) is 3.67. The van der Waals surface area contributed by atoms with Crippen LogP contribution in [0.4, 0.5) is 0 Å². The lowest BCUT2D eigenvalue weighted by Gasteiger charge is -2.14. The number of benzene rings is 1. The molecular formula is C16H24N2. The van der Waals surface area contributed by atoms with Crippen molar-refractivity contribution >= 4 is 0 Å². The van der Waals surface area contributed by atoms with Crippen molar-refractivity contribution in [3.63, 3.8) is 0 Å². The molecule has 2 unspecified atom stereocenters. The van der Waals surface area contributed by atoms with Gasteiger partial charge >= 0.3 is 0 Å². The Labute approximate surface area is 110 Å². The number of nitrogens with one attached hydrogen (secondary N) is 1. The van der Waals surface area contributed by atoms with Crippen LogP contribution < -0.4 is 5.32 Å². The molecule has 2 heteroatoms. The number of hydrogen-bond acceptors (Lipinski definition) is 2. The Bertz CT molecular complexity index is 396. The van der Waals surface area contributed by atoms with Crippen LogP contribution in [0.5, 0.6) is 0 Å². The van der Waals surface area contributed by atoms with Crippen molar-refractivity contribution in [1.29, 1.82) is 0 Å². The molecular weight excluding hydrogens is 220 g/mol. The summed E-state index contributed by atoms with van der Waals surface area (Å²) in [5.74, 6) is 1.61. The molecule has 2 fully saturated rings. The molecule has 2 atom stereocenters. The first-order valence-corrected chi connectivity index (χ1v) is 7.29. The van der Waals surface area contributed by atoms with Gasteiger partial charge in [0.2, 0.25) is 0 Å².